The van der Waals surface area contributed by atoms with E-state index in [1.54, 1.807) is 0 Å². The largest absolute Gasteiger partial charge is 0.310 e. The van der Waals surface area contributed by atoms with Crippen molar-refractivity contribution in [1.82, 2.24) is 0 Å². The minimum absolute atomic E-state index is 0.0641. The lowest BCUT2D eigenvalue weighted by atomic mass is 9.82. The van der Waals surface area contributed by atoms with E-state index in [4.69, 9.17) is 0 Å². The summed E-state index contributed by atoms with van der Waals surface area (Å²) in [5.41, 5.74) is 13.6. The number of anilines is 3. The molecule has 6 aromatic rings. The summed E-state index contributed by atoms with van der Waals surface area (Å²) in [5.74, 6) is 0. The fourth-order valence-corrected chi connectivity index (χ4v) is 6.19. The van der Waals surface area contributed by atoms with Crippen LogP contribution in [0.4, 0.5) is 17.1 Å². The number of hydrogen-bond acceptors (Lipinski definition) is 1. The van der Waals surface area contributed by atoms with E-state index >= 15 is 0 Å². The van der Waals surface area contributed by atoms with Crippen LogP contribution in [0, 0.1) is 0 Å². The molecule has 7 rings (SSSR count). The van der Waals surface area contributed by atoms with Crippen molar-refractivity contribution in [3.63, 3.8) is 0 Å². The number of para-hydroxylation sites is 1. The Balaban J connectivity index is 1.45. The number of nitrogens with zero attached hydrogens (tertiary/aromatic N) is 1. The van der Waals surface area contributed by atoms with Crippen molar-refractivity contribution in [2.75, 3.05) is 4.90 Å². The molecule has 6 aromatic carbocycles. The van der Waals surface area contributed by atoms with Gasteiger partial charge in [-0.25, -0.2) is 0 Å². The summed E-state index contributed by atoms with van der Waals surface area (Å²) in [6.45, 7) is 4.69. The van der Waals surface area contributed by atoms with Gasteiger partial charge in [0.2, 0.25) is 0 Å². The van der Waals surface area contributed by atoms with Crippen molar-refractivity contribution in [3.05, 3.63) is 163 Å². The zero-order valence-corrected chi connectivity index (χ0v) is 22.9. The quantitative estimate of drug-likeness (QED) is 0.222. The van der Waals surface area contributed by atoms with Crippen LogP contribution in [0.25, 0.3) is 33.4 Å². The lowest BCUT2D eigenvalue weighted by molar-refractivity contribution is 0.660. The van der Waals surface area contributed by atoms with Gasteiger partial charge in [-0.2, -0.15) is 0 Å². The Kier molecular flexibility index (Phi) is 5.86. The van der Waals surface area contributed by atoms with Gasteiger partial charge in [-0.1, -0.05) is 123 Å². The van der Waals surface area contributed by atoms with Crippen molar-refractivity contribution in [2.45, 2.75) is 19.3 Å². The molecular weight excluding hydrogens is 482 g/mol. The fourth-order valence-electron chi connectivity index (χ4n) is 6.19. The van der Waals surface area contributed by atoms with E-state index in [1.807, 2.05) is 0 Å². The molecule has 0 unspecified atom stereocenters. The Bertz CT molecular complexity index is 1740. The van der Waals surface area contributed by atoms with Gasteiger partial charge in [0.1, 0.15) is 0 Å². The standard InChI is InChI=1S/C39H31N/c1-39(2)37-21-13-12-20-35(37)36-23-22-33(27-38(36)39)40(32-18-10-5-11-19-32)34-25-30(28-14-6-3-7-15-28)24-31(26-34)29-16-8-4-9-17-29/h3-27H,1-2H3. The summed E-state index contributed by atoms with van der Waals surface area (Å²) < 4.78 is 0. The van der Waals surface area contributed by atoms with E-state index in [1.165, 1.54) is 44.5 Å². The van der Waals surface area contributed by atoms with E-state index in [0.29, 0.717) is 0 Å². The van der Waals surface area contributed by atoms with E-state index in [-0.39, 0.29) is 5.41 Å². The lowest BCUT2D eigenvalue weighted by Gasteiger charge is -2.29. The van der Waals surface area contributed by atoms with Crippen LogP contribution in [0.15, 0.2) is 152 Å². The molecule has 0 spiro atoms. The molecule has 40 heavy (non-hydrogen) atoms. The van der Waals surface area contributed by atoms with Gasteiger partial charge in [-0.05, 0) is 87.0 Å². The van der Waals surface area contributed by atoms with E-state index in [9.17, 15) is 0 Å². The third-order valence-electron chi connectivity index (χ3n) is 8.23. The molecule has 0 heterocycles. The Morgan fingerprint density at radius 3 is 1.52 bits per heavy atom. The third-order valence-corrected chi connectivity index (χ3v) is 8.23. The number of rotatable bonds is 5. The number of benzene rings is 6. The highest BCUT2D eigenvalue weighted by Gasteiger charge is 2.35. The summed E-state index contributed by atoms with van der Waals surface area (Å²) in [7, 11) is 0. The number of hydrogen-bond donors (Lipinski definition) is 0. The molecule has 192 valence electrons. The molecule has 1 nitrogen and oxygen atoms in total. The molecule has 0 aliphatic heterocycles. The van der Waals surface area contributed by atoms with E-state index in [2.05, 4.69) is 170 Å². The first kappa shape index (κ1) is 24.2. The Hall–Kier alpha value is -4.88. The van der Waals surface area contributed by atoms with E-state index in [0.717, 1.165) is 17.1 Å². The predicted octanol–water partition coefficient (Wildman–Crippen LogP) is 10.8. The molecule has 1 aliphatic carbocycles. The molecule has 0 fully saturated rings. The third kappa shape index (κ3) is 4.12. The fraction of sp³-hybridized carbons (Fsp3) is 0.0769. The zero-order valence-electron chi connectivity index (χ0n) is 22.9. The first-order valence-electron chi connectivity index (χ1n) is 14.0. The smallest absolute Gasteiger partial charge is 0.0473 e. The van der Waals surface area contributed by atoms with Crippen molar-refractivity contribution in [3.8, 4) is 33.4 Å². The maximum Gasteiger partial charge on any atom is 0.0473 e. The molecule has 0 saturated carbocycles. The highest BCUT2D eigenvalue weighted by Crippen LogP contribution is 2.50. The average Bonchev–Trinajstić information content (AvgIpc) is 3.25. The van der Waals surface area contributed by atoms with Crippen LogP contribution in [-0.4, -0.2) is 0 Å². The van der Waals surface area contributed by atoms with Crippen LogP contribution >= 0.6 is 0 Å². The molecule has 1 aliphatic rings. The molecule has 0 bridgehead atoms. The van der Waals surface area contributed by atoms with Gasteiger partial charge in [0, 0.05) is 22.5 Å². The highest BCUT2D eigenvalue weighted by molar-refractivity contribution is 5.88. The first-order chi connectivity index (χ1) is 19.6. The van der Waals surface area contributed by atoms with Crippen molar-refractivity contribution in [2.24, 2.45) is 0 Å². The van der Waals surface area contributed by atoms with Gasteiger partial charge < -0.3 is 4.90 Å². The molecule has 1 heteroatoms. The van der Waals surface area contributed by atoms with Crippen LogP contribution in [0.5, 0.6) is 0 Å². The van der Waals surface area contributed by atoms with Gasteiger partial charge in [-0.3, -0.25) is 0 Å². The zero-order chi connectivity index (χ0) is 27.1. The minimum Gasteiger partial charge on any atom is -0.310 e. The topological polar surface area (TPSA) is 3.24 Å². The molecule has 0 radical (unpaired) electrons. The molecule has 0 N–H and O–H groups in total. The van der Waals surface area contributed by atoms with Gasteiger partial charge >= 0.3 is 0 Å². The van der Waals surface area contributed by atoms with Crippen LogP contribution in [0.1, 0.15) is 25.0 Å². The predicted molar refractivity (Wildman–Crippen MR) is 170 cm³/mol. The monoisotopic (exact) mass is 513 g/mol. The SMILES string of the molecule is CC1(C)c2ccccc2-c2ccc(N(c3ccccc3)c3cc(-c4ccccc4)cc(-c4ccccc4)c3)cc21. The summed E-state index contributed by atoms with van der Waals surface area (Å²) in [6.07, 6.45) is 0. The Morgan fingerprint density at radius 1 is 0.375 bits per heavy atom. The molecule has 0 saturated heterocycles. The molecule has 0 atom stereocenters. The van der Waals surface area contributed by atoms with Crippen molar-refractivity contribution < 1.29 is 0 Å². The summed E-state index contributed by atoms with van der Waals surface area (Å²) in [4.78, 5) is 2.40. The molecule has 0 aromatic heterocycles. The lowest BCUT2D eigenvalue weighted by Crippen LogP contribution is -2.16. The van der Waals surface area contributed by atoms with Crippen LogP contribution < -0.4 is 4.90 Å². The Morgan fingerprint density at radius 2 is 0.900 bits per heavy atom. The van der Waals surface area contributed by atoms with Gasteiger partial charge in [0.25, 0.3) is 0 Å². The highest BCUT2D eigenvalue weighted by atomic mass is 15.1. The normalized spacial score (nSPS) is 12.9. The van der Waals surface area contributed by atoms with Crippen LogP contribution in [0.3, 0.4) is 0 Å². The van der Waals surface area contributed by atoms with Crippen LogP contribution in [0.2, 0.25) is 0 Å². The molecule has 0 amide bonds. The summed E-state index contributed by atoms with van der Waals surface area (Å²) in [6, 6.07) is 54.9. The second-order valence-corrected chi connectivity index (χ2v) is 11.1. The van der Waals surface area contributed by atoms with Gasteiger partial charge in [0.05, 0.1) is 0 Å². The second kappa shape index (κ2) is 9.70. The number of fused-ring (bicyclic) bond motifs is 3. The molecular formula is C39H31N. The van der Waals surface area contributed by atoms with Crippen molar-refractivity contribution in [1.29, 1.82) is 0 Å². The first-order valence-corrected chi connectivity index (χ1v) is 14.0. The van der Waals surface area contributed by atoms with Crippen molar-refractivity contribution >= 4 is 17.1 Å². The maximum atomic E-state index is 2.40. The minimum atomic E-state index is -0.0641. The second-order valence-electron chi connectivity index (χ2n) is 11.1. The Labute approximate surface area is 237 Å². The van der Waals surface area contributed by atoms with E-state index < -0.39 is 0 Å². The van der Waals surface area contributed by atoms with Crippen LogP contribution in [-0.2, 0) is 5.41 Å². The van der Waals surface area contributed by atoms with Gasteiger partial charge in [-0.15, -0.1) is 0 Å². The maximum absolute atomic E-state index is 2.40. The van der Waals surface area contributed by atoms with Gasteiger partial charge in [0.15, 0.2) is 0 Å². The summed E-state index contributed by atoms with van der Waals surface area (Å²) >= 11 is 0. The average molecular weight is 514 g/mol. The summed E-state index contributed by atoms with van der Waals surface area (Å²) in [5, 5.41) is 0.